The molecule has 0 fully saturated rings. The van der Waals surface area contributed by atoms with E-state index in [9.17, 15) is 49.0 Å². The Labute approximate surface area is 168 Å². The minimum atomic E-state index is -5.15. The first-order chi connectivity index (χ1) is 13.6. The lowest BCUT2D eigenvalue weighted by molar-refractivity contribution is -0.385. The summed E-state index contributed by atoms with van der Waals surface area (Å²) in [5.74, 6) is 0. The number of nitro groups is 1. The molecule has 0 saturated carbocycles. The molecule has 160 valence electrons. The first-order valence-electron chi connectivity index (χ1n) is 7.07. The maximum atomic E-state index is 11.6. The van der Waals surface area contributed by atoms with Crippen molar-refractivity contribution in [3.63, 3.8) is 0 Å². The Morgan fingerprint density at radius 3 is 1.77 bits per heavy atom. The molecule has 15 nitrogen and oxygen atoms in total. The second-order valence-corrected chi connectivity index (χ2v) is 9.57. The normalized spacial score (nSPS) is 12.2. The summed E-state index contributed by atoms with van der Waals surface area (Å²) in [5, 5.41) is 21.8. The molecule has 0 aromatic heterocycles. The zero-order valence-corrected chi connectivity index (χ0v) is 16.5. The van der Waals surface area contributed by atoms with E-state index in [2.05, 4.69) is 10.3 Å². The molecule has 0 spiro atoms. The standard InChI is InChI=1S/C12H8N4O11S3/c13-15-9-5-11(29(22,23)24)8(4-12(9)30(25,26)27)14-7-2-1-6(16(17)18)3-10(7)28(19,20)21/h1-5,14H,(H2-,19,20,21,22,23,24,25,26,27)/p+1. The predicted molar refractivity (Wildman–Crippen MR) is 97.0 cm³/mol. The van der Waals surface area contributed by atoms with E-state index in [1.54, 1.807) is 0 Å². The number of non-ortho nitro benzene ring substituents is 1. The van der Waals surface area contributed by atoms with E-state index in [4.69, 9.17) is 5.39 Å². The van der Waals surface area contributed by atoms with Crippen LogP contribution in [0.1, 0.15) is 0 Å². The highest BCUT2D eigenvalue weighted by atomic mass is 32.2. The van der Waals surface area contributed by atoms with Gasteiger partial charge >= 0.3 is 15.8 Å². The van der Waals surface area contributed by atoms with Gasteiger partial charge in [-0.1, -0.05) is 0 Å². The summed E-state index contributed by atoms with van der Waals surface area (Å²) >= 11 is 0. The molecule has 0 bridgehead atoms. The molecule has 0 atom stereocenters. The Morgan fingerprint density at radius 1 is 0.833 bits per heavy atom. The molecule has 0 aliphatic heterocycles. The van der Waals surface area contributed by atoms with E-state index in [0.717, 1.165) is 12.1 Å². The molecule has 0 heterocycles. The number of hydrogen-bond donors (Lipinski definition) is 4. The van der Waals surface area contributed by atoms with Crippen molar-refractivity contribution < 1.29 is 43.8 Å². The fourth-order valence-electron chi connectivity index (χ4n) is 2.23. The highest BCUT2D eigenvalue weighted by Crippen LogP contribution is 2.37. The summed E-state index contributed by atoms with van der Waals surface area (Å²) in [6, 6.07) is 2.64. The Hall–Kier alpha value is -3.21. The van der Waals surface area contributed by atoms with Crippen LogP contribution in [0.2, 0.25) is 0 Å². The van der Waals surface area contributed by atoms with Crippen molar-refractivity contribution in [2.24, 2.45) is 0 Å². The topological polar surface area (TPSA) is 246 Å². The van der Waals surface area contributed by atoms with Crippen molar-refractivity contribution in [3.05, 3.63) is 45.4 Å². The first-order valence-corrected chi connectivity index (χ1v) is 11.4. The van der Waals surface area contributed by atoms with E-state index < -0.39 is 72.7 Å². The monoisotopic (exact) mass is 481 g/mol. The van der Waals surface area contributed by atoms with Gasteiger partial charge in [-0.25, -0.2) is 0 Å². The fraction of sp³-hybridized carbons (Fsp3) is 0. The zero-order chi connectivity index (χ0) is 23.1. The van der Waals surface area contributed by atoms with Crippen LogP contribution in [0.5, 0.6) is 0 Å². The van der Waals surface area contributed by atoms with Crippen LogP contribution in [0, 0.1) is 15.5 Å². The van der Waals surface area contributed by atoms with Crippen LogP contribution >= 0.6 is 0 Å². The molecule has 0 unspecified atom stereocenters. The van der Waals surface area contributed by atoms with Gasteiger partial charge in [0.05, 0.1) is 22.4 Å². The van der Waals surface area contributed by atoms with Crippen LogP contribution < -0.4 is 5.32 Å². The molecule has 0 aliphatic carbocycles. The van der Waals surface area contributed by atoms with Gasteiger partial charge in [-0.2, -0.15) is 25.3 Å². The Bertz CT molecular complexity index is 1420. The molecule has 2 rings (SSSR count). The van der Waals surface area contributed by atoms with Crippen molar-refractivity contribution in [2.45, 2.75) is 14.7 Å². The average molecular weight is 481 g/mol. The van der Waals surface area contributed by atoms with Gasteiger partial charge in [0, 0.05) is 12.1 Å². The summed E-state index contributed by atoms with van der Waals surface area (Å²) in [6.45, 7) is 0. The van der Waals surface area contributed by atoms with E-state index in [1.165, 1.54) is 0 Å². The van der Waals surface area contributed by atoms with Crippen molar-refractivity contribution in [3.8, 4) is 0 Å². The number of diazo groups is 1. The van der Waals surface area contributed by atoms with E-state index in [0.29, 0.717) is 18.2 Å². The predicted octanol–water partition coefficient (Wildman–Crippen LogP) is 1.56. The molecular formula is C12H9N4O11S3+. The minimum Gasteiger partial charge on any atom is -0.353 e. The third kappa shape index (κ3) is 4.85. The highest BCUT2D eigenvalue weighted by Gasteiger charge is 2.32. The number of anilines is 2. The third-order valence-corrected chi connectivity index (χ3v) is 6.12. The molecule has 0 saturated heterocycles. The van der Waals surface area contributed by atoms with E-state index in [-0.39, 0.29) is 0 Å². The third-order valence-electron chi connectivity index (χ3n) is 3.45. The van der Waals surface area contributed by atoms with Crippen LogP contribution in [0.25, 0.3) is 4.98 Å². The van der Waals surface area contributed by atoms with Gasteiger partial charge in [-0.3, -0.25) is 23.8 Å². The maximum absolute atomic E-state index is 11.6. The smallest absolute Gasteiger partial charge is 0.353 e. The lowest BCUT2D eigenvalue weighted by atomic mass is 10.2. The van der Waals surface area contributed by atoms with Crippen molar-refractivity contribution >= 4 is 53.1 Å². The zero-order valence-electron chi connectivity index (χ0n) is 14.1. The van der Waals surface area contributed by atoms with Gasteiger partial charge in [0.2, 0.25) is 5.39 Å². The molecule has 0 radical (unpaired) electrons. The largest absolute Gasteiger partial charge is 0.407 e. The van der Waals surface area contributed by atoms with Crippen molar-refractivity contribution in [1.82, 2.24) is 0 Å². The first kappa shape index (κ1) is 23.1. The van der Waals surface area contributed by atoms with Crippen LogP contribution in [0.4, 0.5) is 22.7 Å². The Morgan fingerprint density at radius 2 is 1.33 bits per heavy atom. The van der Waals surface area contributed by atoms with Crippen LogP contribution in [-0.2, 0) is 30.4 Å². The van der Waals surface area contributed by atoms with Gasteiger partial charge in [-0.05, 0) is 12.1 Å². The number of nitrogens with one attached hydrogen (secondary N) is 1. The molecule has 30 heavy (non-hydrogen) atoms. The summed E-state index contributed by atoms with van der Waals surface area (Å²) < 4.78 is 97.2. The number of nitro benzene ring substituents is 1. The summed E-state index contributed by atoms with van der Waals surface area (Å²) in [7, 11) is -15.4. The highest BCUT2D eigenvalue weighted by molar-refractivity contribution is 7.86. The quantitative estimate of drug-likeness (QED) is 0.198. The number of nitrogens with zero attached hydrogens (tertiary/aromatic N) is 3. The summed E-state index contributed by atoms with van der Waals surface area (Å²) in [5.41, 5.74) is -3.27. The van der Waals surface area contributed by atoms with Gasteiger partial charge in [0.25, 0.3) is 25.9 Å². The SMILES string of the molecule is N#[N+]c1cc(S(=O)(=O)O)c(Nc2ccc([N+](=O)[O-])cc2S(=O)(=O)O)cc1S(=O)(=O)O. The van der Waals surface area contributed by atoms with Crippen LogP contribution in [0.3, 0.4) is 0 Å². The van der Waals surface area contributed by atoms with E-state index in [1.807, 2.05) is 0 Å². The maximum Gasteiger partial charge on any atom is 0.407 e. The van der Waals surface area contributed by atoms with Gasteiger partial charge in [0.1, 0.15) is 9.79 Å². The van der Waals surface area contributed by atoms with Gasteiger partial charge in [-0.15, -0.1) is 0 Å². The summed E-state index contributed by atoms with van der Waals surface area (Å²) in [6.07, 6.45) is 0. The Balaban J connectivity index is 2.86. The molecular weight excluding hydrogens is 472 g/mol. The fourth-order valence-corrected chi connectivity index (χ4v) is 4.18. The molecule has 18 heteroatoms. The van der Waals surface area contributed by atoms with Crippen molar-refractivity contribution in [2.75, 3.05) is 5.32 Å². The number of benzene rings is 2. The molecule has 4 N–H and O–H groups in total. The van der Waals surface area contributed by atoms with Gasteiger partial charge in [0.15, 0.2) is 9.87 Å². The average Bonchev–Trinajstić information content (AvgIpc) is 2.58. The Kier molecular flexibility index (Phi) is 5.81. The molecule has 2 aromatic rings. The van der Waals surface area contributed by atoms with Crippen LogP contribution in [-0.4, -0.2) is 43.8 Å². The second-order valence-electron chi connectivity index (χ2n) is 5.40. The number of hydrogen-bond acceptors (Lipinski definition) is 10. The van der Waals surface area contributed by atoms with E-state index >= 15 is 0 Å². The van der Waals surface area contributed by atoms with Crippen molar-refractivity contribution in [1.29, 1.82) is 5.39 Å². The summed E-state index contributed by atoms with van der Waals surface area (Å²) in [4.78, 5) is 8.97. The van der Waals surface area contributed by atoms with Gasteiger partial charge < -0.3 is 5.32 Å². The number of rotatable bonds is 6. The molecule has 2 aromatic carbocycles. The second kappa shape index (κ2) is 7.56. The molecule has 0 aliphatic rings. The molecule has 0 amide bonds. The lowest BCUT2D eigenvalue weighted by Gasteiger charge is -2.13. The lowest BCUT2D eigenvalue weighted by Crippen LogP contribution is -2.09. The minimum absolute atomic E-state index is 0.333. The van der Waals surface area contributed by atoms with Crippen LogP contribution in [0.15, 0.2) is 45.0 Å².